The molecule has 0 bridgehead atoms. The van der Waals surface area contributed by atoms with Crippen LogP contribution in [0, 0.1) is 0 Å². The molecule has 0 spiro atoms. The molecule has 18 heavy (non-hydrogen) atoms. The van der Waals surface area contributed by atoms with E-state index in [2.05, 4.69) is 34.3 Å². The number of hydrogen-bond donors (Lipinski definition) is 1. The molecule has 0 saturated carbocycles. The maximum absolute atomic E-state index is 9.81. The van der Waals surface area contributed by atoms with E-state index in [-0.39, 0.29) is 0 Å². The molecule has 0 aliphatic heterocycles. The highest BCUT2D eigenvalue weighted by Crippen LogP contribution is 2.25. The Morgan fingerprint density at radius 3 is 2.83 bits per heavy atom. The minimum atomic E-state index is -0.494. The first kappa shape index (κ1) is 13.1. The number of aromatic nitrogens is 1. The highest BCUT2D eigenvalue weighted by atomic mass is 32.1. The number of rotatable bonds is 5. The second-order valence-corrected chi connectivity index (χ2v) is 5.22. The van der Waals surface area contributed by atoms with Gasteiger partial charge in [-0.15, -0.1) is 11.3 Å². The van der Waals surface area contributed by atoms with Crippen LogP contribution in [0.3, 0.4) is 0 Å². The highest BCUT2D eigenvalue weighted by molar-refractivity contribution is 7.09. The SMILES string of the molecule is CCN(Cc1cccs1)c1ncccc1C(C)O. The standard InChI is InChI=1S/C14H18N2OS/c1-3-16(10-12-6-5-9-18-12)14-13(11(2)17)7-4-8-15-14/h4-9,11,17H,3,10H2,1-2H3. The predicted octanol–water partition coefficient (Wildman–Crippen LogP) is 3.22. The van der Waals surface area contributed by atoms with Gasteiger partial charge in [0.05, 0.1) is 12.6 Å². The van der Waals surface area contributed by atoms with E-state index in [9.17, 15) is 5.11 Å². The fourth-order valence-corrected chi connectivity index (χ4v) is 2.65. The lowest BCUT2D eigenvalue weighted by Gasteiger charge is -2.24. The van der Waals surface area contributed by atoms with E-state index in [1.54, 1.807) is 24.5 Å². The number of pyridine rings is 1. The van der Waals surface area contributed by atoms with Crippen LogP contribution in [-0.2, 0) is 6.54 Å². The summed E-state index contributed by atoms with van der Waals surface area (Å²) in [6, 6.07) is 7.98. The zero-order chi connectivity index (χ0) is 13.0. The van der Waals surface area contributed by atoms with E-state index in [0.29, 0.717) is 0 Å². The van der Waals surface area contributed by atoms with Gasteiger partial charge in [-0.25, -0.2) is 4.98 Å². The van der Waals surface area contributed by atoms with Crippen molar-refractivity contribution in [2.45, 2.75) is 26.5 Å². The molecule has 0 saturated heterocycles. The van der Waals surface area contributed by atoms with Crippen molar-refractivity contribution in [3.63, 3.8) is 0 Å². The second kappa shape index (κ2) is 5.98. The summed E-state index contributed by atoms with van der Waals surface area (Å²) in [5.41, 5.74) is 0.885. The Morgan fingerprint density at radius 1 is 1.39 bits per heavy atom. The van der Waals surface area contributed by atoms with Crippen molar-refractivity contribution in [2.24, 2.45) is 0 Å². The van der Waals surface area contributed by atoms with Gasteiger partial charge >= 0.3 is 0 Å². The van der Waals surface area contributed by atoms with Crippen molar-refractivity contribution in [3.8, 4) is 0 Å². The van der Waals surface area contributed by atoms with Gasteiger partial charge in [-0.1, -0.05) is 12.1 Å². The Morgan fingerprint density at radius 2 is 2.22 bits per heavy atom. The Hall–Kier alpha value is -1.39. The van der Waals surface area contributed by atoms with E-state index in [1.165, 1.54) is 4.88 Å². The van der Waals surface area contributed by atoms with Gasteiger partial charge in [-0.2, -0.15) is 0 Å². The Kier molecular flexibility index (Phi) is 4.33. The molecule has 1 N–H and O–H groups in total. The van der Waals surface area contributed by atoms with Crippen LogP contribution in [0.25, 0.3) is 0 Å². The van der Waals surface area contributed by atoms with Gasteiger partial charge in [-0.05, 0) is 31.4 Å². The number of nitrogens with zero attached hydrogens (tertiary/aromatic N) is 2. The molecule has 0 aliphatic carbocycles. The topological polar surface area (TPSA) is 36.4 Å². The van der Waals surface area contributed by atoms with Gasteiger partial charge in [0.2, 0.25) is 0 Å². The predicted molar refractivity (Wildman–Crippen MR) is 75.9 cm³/mol. The quantitative estimate of drug-likeness (QED) is 0.898. The molecular weight excluding hydrogens is 244 g/mol. The highest BCUT2D eigenvalue weighted by Gasteiger charge is 2.14. The van der Waals surface area contributed by atoms with Crippen LogP contribution in [0.4, 0.5) is 5.82 Å². The van der Waals surface area contributed by atoms with Crippen LogP contribution < -0.4 is 4.90 Å². The molecule has 0 amide bonds. The molecule has 0 fully saturated rings. The molecule has 2 aromatic heterocycles. The fourth-order valence-electron chi connectivity index (χ4n) is 1.93. The summed E-state index contributed by atoms with van der Waals surface area (Å²) in [5.74, 6) is 0.878. The van der Waals surface area contributed by atoms with E-state index in [4.69, 9.17) is 0 Å². The van der Waals surface area contributed by atoms with Crippen LogP contribution in [0.2, 0.25) is 0 Å². The number of aliphatic hydroxyl groups is 1. The van der Waals surface area contributed by atoms with Gasteiger partial charge in [-0.3, -0.25) is 0 Å². The van der Waals surface area contributed by atoms with E-state index >= 15 is 0 Å². The second-order valence-electron chi connectivity index (χ2n) is 4.19. The number of thiophene rings is 1. The van der Waals surface area contributed by atoms with Crippen LogP contribution in [0.1, 0.15) is 30.4 Å². The third-order valence-electron chi connectivity index (χ3n) is 2.88. The first-order valence-corrected chi connectivity index (χ1v) is 7.00. The van der Waals surface area contributed by atoms with E-state index < -0.39 is 6.10 Å². The average Bonchev–Trinajstić information content (AvgIpc) is 2.88. The summed E-state index contributed by atoms with van der Waals surface area (Å²) < 4.78 is 0. The summed E-state index contributed by atoms with van der Waals surface area (Å²) in [6.45, 7) is 5.59. The first-order valence-electron chi connectivity index (χ1n) is 6.12. The maximum Gasteiger partial charge on any atom is 0.134 e. The lowest BCUT2D eigenvalue weighted by Crippen LogP contribution is -2.24. The minimum Gasteiger partial charge on any atom is -0.389 e. The van der Waals surface area contributed by atoms with Crippen molar-refractivity contribution in [1.29, 1.82) is 0 Å². The van der Waals surface area contributed by atoms with Crippen molar-refractivity contribution >= 4 is 17.2 Å². The molecule has 2 aromatic rings. The van der Waals surface area contributed by atoms with Crippen molar-refractivity contribution < 1.29 is 5.11 Å². The third kappa shape index (κ3) is 2.89. The van der Waals surface area contributed by atoms with Gasteiger partial charge < -0.3 is 10.0 Å². The van der Waals surface area contributed by atoms with Gasteiger partial charge in [0, 0.05) is 23.2 Å². The van der Waals surface area contributed by atoms with Crippen molar-refractivity contribution in [1.82, 2.24) is 4.98 Å². The summed E-state index contributed by atoms with van der Waals surface area (Å²) in [4.78, 5) is 7.92. The largest absolute Gasteiger partial charge is 0.389 e. The summed E-state index contributed by atoms with van der Waals surface area (Å²) in [7, 11) is 0. The molecule has 0 aliphatic rings. The molecule has 4 heteroatoms. The van der Waals surface area contributed by atoms with Crippen molar-refractivity contribution in [2.75, 3.05) is 11.4 Å². The molecule has 2 rings (SSSR count). The molecule has 1 unspecified atom stereocenters. The number of hydrogen-bond acceptors (Lipinski definition) is 4. The van der Waals surface area contributed by atoms with Crippen LogP contribution in [0.5, 0.6) is 0 Å². The fraction of sp³-hybridized carbons (Fsp3) is 0.357. The van der Waals surface area contributed by atoms with Gasteiger partial charge in [0.1, 0.15) is 5.82 Å². The average molecular weight is 262 g/mol. The zero-order valence-electron chi connectivity index (χ0n) is 10.7. The monoisotopic (exact) mass is 262 g/mol. The molecule has 0 aromatic carbocycles. The molecule has 3 nitrogen and oxygen atoms in total. The molecule has 0 radical (unpaired) electrons. The van der Waals surface area contributed by atoms with Crippen LogP contribution in [-0.4, -0.2) is 16.6 Å². The summed E-state index contributed by atoms with van der Waals surface area (Å²) in [6.07, 6.45) is 1.28. The normalized spacial score (nSPS) is 12.4. The summed E-state index contributed by atoms with van der Waals surface area (Å²) in [5, 5.41) is 11.9. The first-order chi connectivity index (χ1) is 8.72. The van der Waals surface area contributed by atoms with E-state index in [1.807, 2.05) is 12.1 Å². The Labute approximate surface area is 112 Å². The zero-order valence-corrected chi connectivity index (χ0v) is 11.5. The molecule has 96 valence electrons. The minimum absolute atomic E-state index is 0.494. The van der Waals surface area contributed by atoms with Crippen LogP contribution in [0.15, 0.2) is 35.8 Å². The van der Waals surface area contributed by atoms with Gasteiger partial charge in [0.25, 0.3) is 0 Å². The smallest absolute Gasteiger partial charge is 0.134 e. The maximum atomic E-state index is 9.81. The molecule has 1 atom stereocenters. The summed E-state index contributed by atoms with van der Waals surface area (Å²) >= 11 is 1.74. The van der Waals surface area contributed by atoms with Gasteiger partial charge in [0.15, 0.2) is 0 Å². The molecule has 2 heterocycles. The van der Waals surface area contributed by atoms with Crippen molar-refractivity contribution in [3.05, 3.63) is 46.3 Å². The number of aliphatic hydroxyl groups excluding tert-OH is 1. The number of anilines is 1. The Bertz CT molecular complexity index is 482. The lowest BCUT2D eigenvalue weighted by atomic mass is 10.1. The Balaban J connectivity index is 2.27. The third-order valence-corrected chi connectivity index (χ3v) is 3.74. The van der Waals surface area contributed by atoms with E-state index in [0.717, 1.165) is 24.5 Å². The molecular formula is C14H18N2OS. The van der Waals surface area contributed by atoms with Crippen LogP contribution >= 0.6 is 11.3 Å². The lowest BCUT2D eigenvalue weighted by molar-refractivity contribution is 0.199.